The molecule has 1 nitrogen and oxygen atoms in total. The lowest BCUT2D eigenvalue weighted by Crippen LogP contribution is -1.97. The molecular formula is C12H22OS. The van der Waals surface area contributed by atoms with Gasteiger partial charge in [-0.25, -0.2) is 0 Å². The summed E-state index contributed by atoms with van der Waals surface area (Å²) in [7, 11) is 0. The lowest BCUT2D eigenvalue weighted by atomic mass is 10.2. The molecule has 82 valence electrons. The third-order valence-electron chi connectivity index (χ3n) is 1.44. The maximum absolute atomic E-state index is 5.42. The van der Waals surface area contributed by atoms with Crippen LogP contribution in [0.1, 0.15) is 34.6 Å². The first-order valence-electron chi connectivity index (χ1n) is 5.17. The van der Waals surface area contributed by atoms with E-state index in [0.29, 0.717) is 17.8 Å². The van der Waals surface area contributed by atoms with Gasteiger partial charge in [0.15, 0.2) is 0 Å². The molecule has 2 heteroatoms. The van der Waals surface area contributed by atoms with E-state index in [1.54, 1.807) is 0 Å². The fraction of sp³-hybridized carbons (Fsp3) is 0.667. The molecular weight excluding hydrogens is 192 g/mol. The minimum Gasteiger partial charge on any atom is -0.493 e. The number of ether oxygens (including phenoxy) is 1. The van der Waals surface area contributed by atoms with Gasteiger partial charge in [-0.3, -0.25) is 0 Å². The van der Waals surface area contributed by atoms with Gasteiger partial charge in [0.2, 0.25) is 0 Å². The summed E-state index contributed by atoms with van der Waals surface area (Å²) in [5.74, 6) is 1.34. The molecule has 0 N–H and O–H groups in total. The molecule has 14 heavy (non-hydrogen) atoms. The summed E-state index contributed by atoms with van der Waals surface area (Å²) >= 11 is 1.81. The van der Waals surface area contributed by atoms with Gasteiger partial charge in [-0.2, -0.15) is 0 Å². The van der Waals surface area contributed by atoms with E-state index in [-0.39, 0.29) is 0 Å². The SMILES string of the molecule is C=C(OCC)/C(=C/C(C)C)SC(C)C. The van der Waals surface area contributed by atoms with Crippen LogP contribution in [0, 0.1) is 5.92 Å². The van der Waals surface area contributed by atoms with Gasteiger partial charge in [0.05, 0.1) is 6.61 Å². The van der Waals surface area contributed by atoms with Crippen LogP contribution in [-0.2, 0) is 4.74 Å². The van der Waals surface area contributed by atoms with Crippen molar-refractivity contribution in [3.8, 4) is 0 Å². The van der Waals surface area contributed by atoms with Crippen molar-refractivity contribution in [1.29, 1.82) is 0 Å². The molecule has 0 heterocycles. The van der Waals surface area contributed by atoms with Gasteiger partial charge >= 0.3 is 0 Å². The van der Waals surface area contributed by atoms with E-state index >= 15 is 0 Å². The van der Waals surface area contributed by atoms with Crippen molar-refractivity contribution in [2.24, 2.45) is 5.92 Å². The Hall–Kier alpha value is -0.370. The van der Waals surface area contributed by atoms with Crippen molar-refractivity contribution in [2.45, 2.75) is 39.9 Å². The Labute approximate surface area is 92.6 Å². The van der Waals surface area contributed by atoms with Crippen LogP contribution in [0.3, 0.4) is 0 Å². The quantitative estimate of drug-likeness (QED) is 0.483. The fourth-order valence-corrected chi connectivity index (χ4v) is 2.05. The zero-order valence-electron chi connectivity index (χ0n) is 9.96. The number of allylic oxidation sites excluding steroid dienone is 1. The van der Waals surface area contributed by atoms with E-state index in [1.807, 2.05) is 18.7 Å². The van der Waals surface area contributed by atoms with Crippen LogP contribution in [0.2, 0.25) is 0 Å². The molecule has 0 radical (unpaired) electrons. The zero-order chi connectivity index (χ0) is 11.1. The second-order valence-electron chi connectivity index (χ2n) is 3.80. The van der Waals surface area contributed by atoms with E-state index in [2.05, 4.69) is 40.3 Å². The smallest absolute Gasteiger partial charge is 0.125 e. The zero-order valence-corrected chi connectivity index (χ0v) is 10.8. The molecule has 0 amide bonds. The lowest BCUT2D eigenvalue weighted by Gasteiger charge is -2.14. The van der Waals surface area contributed by atoms with Crippen molar-refractivity contribution in [1.82, 2.24) is 0 Å². The molecule has 0 aromatic rings. The Morgan fingerprint density at radius 2 is 1.93 bits per heavy atom. The van der Waals surface area contributed by atoms with Crippen molar-refractivity contribution in [3.63, 3.8) is 0 Å². The summed E-state index contributed by atoms with van der Waals surface area (Å²) in [5, 5.41) is 0.567. The highest BCUT2D eigenvalue weighted by molar-refractivity contribution is 8.03. The van der Waals surface area contributed by atoms with Gasteiger partial charge in [0, 0.05) is 10.2 Å². The minimum atomic E-state index is 0.536. The molecule has 0 aliphatic heterocycles. The van der Waals surface area contributed by atoms with Gasteiger partial charge in [-0.15, -0.1) is 11.8 Å². The van der Waals surface area contributed by atoms with Gasteiger partial charge in [-0.05, 0) is 12.8 Å². The summed E-state index contributed by atoms with van der Waals surface area (Å²) in [6.45, 7) is 15.3. The average molecular weight is 214 g/mol. The second-order valence-corrected chi connectivity index (χ2v) is 5.42. The van der Waals surface area contributed by atoms with Crippen LogP contribution >= 0.6 is 11.8 Å². The molecule has 0 atom stereocenters. The van der Waals surface area contributed by atoms with E-state index in [1.165, 1.54) is 4.91 Å². The summed E-state index contributed by atoms with van der Waals surface area (Å²) in [6.07, 6.45) is 2.21. The van der Waals surface area contributed by atoms with E-state index in [0.717, 1.165) is 5.76 Å². The second kappa shape index (κ2) is 6.99. The predicted octanol–water partition coefficient (Wildman–Crippen LogP) is 4.22. The number of hydrogen-bond acceptors (Lipinski definition) is 2. The molecule has 0 fully saturated rings. The van der Waals surface area contributed by atoms with Crippen LogP contribution in [0.5, 0.6) is 0 Å². The fourth-order valence-electron chi connectivity index (χ4n) is 1.000. The van der Waals surface area contributed by atoms with Crippen molar-refractivity contribution >= 4 is 11.8 Å². The van der Waals surface area contributed by atoms with E-state index in [4.69, 9.17) is 4.74 Å². The first-order valence-corrected chi connectivity index (χ1v) is 6.05. The molecule has 0 spiro atoms. The van der Waals surface area contributed by atoms with Gasteiger partial charge < -0.3 is 4.74 Å². The Balaban J connectivity index is 4.46. The van der Waals surface area contributed by atoms with Crippen LogP contribution in [0.15, 0.2) is 23.3 Å². The maximum atomic E-state index is 5.42. The number of hydrogen-bond donors (Lipinski definition) is 0. The number of rotatable bonds is 6. The van der Waals surface area contributed by atoms with Crippen LogP contribution in [0.25, 0.3) is 0 Å². The maximum Gasteiger partial charge on any atom is 0.125 e. The first-order chi connectivity index (χ1) is 6.47. The highest BCUT2D eigenvalue weighted by Crippen LogP contribution is 2.28. The molecule has 0 aromatic heterocycles. The summed E-state index contributed by atoms with van der Waals surface area (Å²) in [6, 6.07) is 0. The van der Waals surface area contributed by atoms with Gasteiger partial charge in [0.1, 0.15) is 5.76 Å². The largest absolute Gasteiger partial charge is 0.493 e. The molecule has 0 bridgehead atoms. The van der Waals surface area contributed by atoms with Gasteiger partial charge in [0.25, 0.3) is 0 Å². The molecule has 0 aliphatic carbocycles. The van der Waals surface area contributed by atoms with Gasteiger partial charge in [-0.1, -0.05) is 40.3 Å². The standard InChI is InChI=1S/C12H22OS/c1-7-13-11(6)12(8-9(2)3)14-10(4)5/h8-10H,6-7H2,1-5H3/b12-8-. The highest BCUT2D eigenvalue weighted by atomic mass is 32.2. The average Bonchev–Trinajstić information content (AvgIpc) is 2.01. The number of thioether (sulfide) groups is 1. The summed E-state index contributed by atoms with van der Waals surface area (Å²) in [5.41, 5.74) is 0. The summed E-state index contributed by atoms with van der Waals surface area (Å²) < 4.78 is 5.42. The normalized spacial score (nSPS) is 12.4. The molecule has 0 rings (SSSR count). The third kappa shape index (κ3) is 6.14. The predicted molar refractivity (Wildman–Crippen MR) is 66.4 cm³/mol. The Bertz CT molecular complexity index is 204. The highest BCUT2D eigenvalue weighted by Gasteiger charge is 2.07. The van der Waals surface area contributed by atoms with Crippen LogP contribution in [-0.4, -0.2) is 11.9 Å². The molecule has 0 aliphatic rings. The lowest BCUT2D eigenvalue weighted by molar-refractivity contribution is 0.242. The van der Waals surface area contributed by atoms with Crippen LogP contribution in [0.4, 0.5) is 0 Å². The summed E-state index contributed by atoms with van der Waals surface area (Å²) in [4.78, 5) is 1.18. The topological polar surface area (TPSA) is 9.23 Å². The Kier molecular flexibility index (Phi) is 6.81. The minimum absolute atomic E-state index is 0.536. The van der Waals surface area contributed by atoms with Crippen molar-refractivity contribution < 1.29 is 4.74 Å². The van der Waals surface area contributed by atoms with Crippen molar-refractivity contribution in [3.05, 3.63) is 23.3 Å². The molecule has 0 aromatic carbocycles. The Morgan fingerprint density at radius 3 is 2.29 bits per heavy atom. The molecule has 0 saturated carbocycles. The monoisotopic (exact) mass is 214 g/mol. The van der Waals surface area contributed by atoms with Crippen LogP contribution < -0.4 is 0 Å². The first kappa shape index (κ1) is 13.6. The Morgan fingerprint density at radius 1 is 1.36 bits per heavy atom. The van der Waals surface area contributed by atoms with E-state index in [9.17, 15) is 0 Å². The van der Waals surface area contributed by atoms with E-state index < -0.39 is 0 Å². The molecule has 0 unspecified atom stereocenters. The van der Waals surface area contributed by atoms with Crippen molar-refractivity contribution in [2.75, 3.05) is 6.61 Å². The molecule has 0 saturated heterocycles. The third-order valence-corrected chi connectivity index (χ3v) is 2.53.